The molecule has 0 spiro atoms. The molecule has 3 rings (SSSR count). The van der Waals surface area contributed by atoms with E-state index in [1.807, 2.05) is 23.9 Å². The molecular weight excluding hydrogens is 306 g/mol. The Kier molecular flexibility index (Phi) is 5.23. The molecule has 1 aliphatic rings. The van der Waals surface area contributed by atoms with Crippen molar-refractivity contribution in [2.24, 2.45) is 0 Å². The Bertz CT molecular complexity index is 685. The lowest BCUT2D eigenvalue weighted by Gasteiger charge is -2.22. The maximum absolute atomic E-state index is 11.5. The molecule has 0 radical (unpaired) electrons. The summed E-state index contributed by atoms with van der Waals surface area (Å²) >= 11 is 1.87. The van der Waals surface area contributed by atoms with Crippen LogP contribution in [0.5, 0.6) is 5.75 Å². The highest BCUT2D eigenvalue weighted by Crippen LogP contribution is 2.37. The Morgan fingerprint density at radius 1 is 1.09 bits per heavy atom. The minimum absolute atomic E-state index is 0.400. The number of carbonyl (C=O) groups excluding carboxylic acids is 1. The quantitative estimate of drug-likeness (QED) is 0.836. The number of nitrogens with one attached hydrogen (secondary N) is 1. The molecule has 23 heavy (non-hydrogen) atoms. The summed E-state index contributed by atoms with van der Waals surface area (Å²) in [6, 6.07) is 14.5. The second kappa shape index (κ2) is 7.55. The van der Waals surface area contributed by atoms with E-state index in [1.165, 1.54) is 28.0 Å². The Hall–Kier alpha value is -1.94. The van der Waals surface area contributed by atoms with Gasteiger partial charge >= 0.3 is 6.09 Å². The van der Waals surface area contributed by atoms with Crippen LogP contribution in [-0.2, 0) is 18.6 Å². The fourth-order valence-electron chi connectivity index (χ4n) is 2.92. The van der Waals surface area contributed by atoms with Gasteiger partial charge in [-0.3, -0.25) is 0 Å². The van der Waals surface area contributed by atoms with Crippen LogP contribution in [0.4, 0.5) is 4.79 Å². The molecule has 3 nitrogen and oxygen atoms in total. The first-order valence-corrected chi connectivity index (χ1v) is 8.97. The molecule has 0 fully saturated rings. The van der Waals surface area contributed by atoms with Crippen LogP contribution in [0.2, 0.25) is 0 Å². The number of amides is 1. The van der Waals surface area contributed by atoms with E-state index < -0.39 is 6.09 Å². The molecule has 2 aromatic rings. The number of carbonyl (C=O) groups is 1. The minimum Gasteiger partial charge on any atom is -0.410 e. The number of benzene rings is 2. The smallest absolute Gasteiger partial charge is 0.410 e. The van der Waals surface area contributed by atoms with Crippen molar-refractivity contribution in [3.8, 4) is 5.75 Å². The molecule has 0 unspecified atom stereocenters. The first kappa shape index (κ1) is 15.9. The van der Waals surface area contributed by atoms with E-state index in [0.29, 0.717) is 5.75 Å². The van der Waals surface area contributed by atoms with Crippen LogP contribution in [-0.4, -0.2) is 13.1 Å². The third kappa shape index (κ3) is 3.88. The first-order valence-electron chi connectivity index (χ1n) is 7.99. The van der Waals surface area contributed by atoms with E-state index in [0.717, 1.165) is 25.0 Å². The van der Waals surface area contributed by atoms with Gasteiger partial charge in [-0.2, -0.15) is 0 Å². The van der Waals surface area contributed by atoms with Crippen LogP contribution >= 0.6 is 11.8 Å². The van der Waals surface area contributed by atoms with Gasteiger partial charge in [0.1, 0.15) is 5.75 Å². The molecule has 120 valence electrons. The van der Waals surface area contributed by atoms with E-state index in [-0.39, 0.29) is 0 Å². The van der Waals surface area contributed by atoms with Crippen LogP contribution in [0.3, 0.4) is 0 Å². The number of ether oxygens (including phenoxy) is 1. The van der Waals surface area contributed by atoms with Crippen LogP contribution < -0.4 is 10.1 Å². The van der Waals surface area contributed by atoms with Gasteiger partial charge in [0, 0.05) is 17.7 Å². The number of hydrogen-bond acceptors (Lipinski definition) is 3. The van der Waals surface area contributed by atoms with Crippen LogP contribution in [0.15, 0.2) is 47.4 Å². The average molecular weight is 327 g/mol. The van der Waals surface area contributed by atoms with Gasteiger partial charge in [0.25, 0.3) is 0 Å². The summed E-state index contributed by atoms with van der Waals surface area (Å²) in [6.45, 7) is 0. The van der Waals surface area contributed by atoms with E-state index in [1.54, 1.807) is 7.05 Å². The summed E-state index contributed by atoms with van der Waals surface area (Å²) in [5, 5.41) is 2.52. The zero-order valence-corrected chi connectivity index (χ0v) is 14.1. The van der Waals surface area contributed by atoms with Crippen LogP contribution in [0.25, 0.3) is 0 Å². The summed E-state index contributed by atoms with van der Waals surface area (Å²) in [6.07, 6.45) is 4.01. The number of fused-ring (bicyclic) bond motifs is 1. The lowest BCUT2D eigenvalue weighted by atomic mass is 9.91. The Morgan fingerprint density at radius 3 is 2.57 bits per heavy atom. The lowest BCUT2D eigenvalue weighted by Crippen LogP contribution is -2.23. The largest absolute Gasteiger partial charge is 0.412 e. The van der Waals surface area contributed by atoms with E-state index >= 15 is 0 Å². The standard InChI is InChI=1S/C19H21NO2S/c1-20-19(21)22-17-11-12-18(16-10-6-5-9-15(16)17)23-13-14-7-3-2-4-8-14/h2-4,7-8,11-12H,5-6,9-10,13H2,1H3,(H,20,21). The molecule has 0 atom stereocenters. The first-order chi connectivity index (χ1) is 11.3. The van der Waals surface area contributed by atoms with Gasteiger partial charge in [0.05, 0.1) is 0 Å². The lowest BCUT2D eigenvalue weighted by molar-refractivity contribution is 0.202. The van der Waals surface area contributed by atoms with Crippen molar-refractivity contribution in [2.45, 2.75) is 36.3 Å². The van der Waals surface area contributed by atoms with Crippen molar-refractivity contribution in [3.63, 3.8) is 0 Å². The van der Waals surface area contributed by atoms with Crippen molar-refractivity contribution in [1.82, 2.24) is 5.32 Å². The highest BCUT2D eigenvalue weighted by Gasteiger charge is 2.19. The Morgan fingerprint density at radius 2 is 1.83 bits per heavy atom. The van der Waals surface area contributed by atoms with Crippen molar-refractivity contribution in [1.29, 1.82) is 0 Å². The number of rotatable bonds is 4. The van der Waals surface area contributed by atoms with Gasteiger partial charge in [0.2, 0.25) is 0 Å². The van der Waals surface area contributed by atoms with Crippen molar-refractivity contribution in [3.05, 3.63) is 59.2 Å². The zero-order valence-electron chi connectivity index (χ0n) is 13.3. The summed E-state index contributed by atoms with van der Waals surface area (Å²) < 4.78 is 5.42. The maximum Gasteiger partial charge on any atom is 0.412 e. The number of hydrogen-bond donors (Lipinski definition) is 1. The SMILES string of the molecule is CNC(=O)Oc1ccc(SCc2ccccc2)c2c1CCCC2. The Labute approximate surface area is 141 Å². The molecule has 1 amide bonds. The average Bonchev–Trinajstić information content (AvgIpc) is 2.62. The molecule has 0 heterocycles. The monoisotopic (exact) mass is 327 g/mol. The summed E-state index contributed by atoms with van der Waals surface area (Å²) in [4.78, 5) is 12.8. The van der Waals surface area contributed by atoms with Gasteiger partial charge in [-0.25, -0.2) is 4.79 Å². The molecule has 1 N–H and O–H groups in total. The normalized spacial score (nSPS) is 13.3. The topological polar surface area (TPSA) is 38.3 Å². The minimum atomic E-state index is -0.400. The molecule has 1 aliphatic carbocycles. The summed E-state index contributed by atoms with van der Waals surface area (Å²) in [7, 11) is 1.58. The third-order valence-electron chi connectivity index (χ3n) is 4.09. The molecule has 2 aromatic carbocycles. The van der Waals surface area contributed by atoms with Crippen molar-refractivity contribution in [2.75, 3.05) is 7.05 Å². The van der Waals surface area contributed by atoms with Gasteiger partial charge in [-0.1, -0.05) is 30.3 Å². The highest BCUT2D eigenvalue weighted by atomic mass is 32.2. The van der Waals surface area contributed by atoms with Crippen LogP contribution in [0.1, 0.15) is 29.5 Å². The molecule has 0 saturated carbocycles. The van der Waals surface area contributed by atoms with Gasteiger partial charge in [-0.15, -0.1) is 11.8 Å². The molecule has 0 bridgehead atoms. The Balaban J connectivity index is 1.82. The van der Waals surface area contributed by atoms with E-state index in [9.17, 15) is 4.79 Å². The predicted molar refractivity (Wildman–Crippen MR) is 94.2 cm³/mol. The summed E-state index contributed by atoms with van der Waals surface area (Å²) in [5.74, 6) is 1.67. The van der Waals surface area contributed by atoms with Crippen molar-refractivity contribution < 1.29 is 9.53 Å². The van der Waals surface area contributed by atoms with Gasteiger partial charge in [0.15, 0.2) is 0 Å². The fraction of sp³-hybridized carbons (Fsp3) is 0.316. The second-order valence-electron chi connectivity index (χ2n) is 5.64. The fourth-order valence-corrected chi connectivity index (χ4v) is 4.00. The van der Waals surface area contributed by atoms with Gasteiger partial charge < -0.3 is 10.1 Å². The second-order valence-corrected chi connectivity index (χ2v) is 6.66. The molecule has 0 saturated heterocycles. The third-order valence-corrected chi connectivity index (χ3v) is 5.26. The molecular formula is C19H21NO2S. The number of thioether (sulfide) groups is 1. The highest BCUT2D eigenvalue weighted by molar-refractivity contribution is 7.98. The van der Waals surface area contributed by atoms with Gasteiger partial charge in [-0.05, 0) is 54.5 Å². The molecule has 0 aromatic heterocycles. The van der Waals surface area contributed by atoms with E-state index in [2.05, 4.69) is 35.6 Å². The van der Waals surface area contributed by atoms with E-state index in [4.69, 9.17) is 4.74 Å². The molecule has 0 aliphatic heterocycles. The molecule has 4 heteroatoms. The van der Waals surface area contributed by atoms with Crippen molar-refractivity contribution >= 4 is 17.9 Å². The predicted octanol–water partition coefficient (Wildman–Crippen LogP) is 4.58. The summed E-state index contributed by atoms with van der Waals surface area (Å²) in [5.41, 5.74) is 3.89. The maximum atomic E-state index is 11.5. The van der Waals surface area contributed by atoms with Crippen LogP contribution in [0, 0.1) is 0 Å². The zero-order chi connectivity index (χ0) is 16.1.